The van der Waals surface area contributed by atoms with E-state index < -0.39 is 120 Å². The van der Waals surface area contributed by atoms with E-state index in [9.17, 15) is 48.3 Å². The average molecular weight is 1140 g/mol. The van der Waals surface area contributed by atoms with E-state index in [-0.39, 0.29) is 106 Å². The first-order valence-corrected chi connectivity index (χ1v) is 27.5. The molecular formula is C53H78N18O11. The van der Waals surface area contributed by atoms with Crippen LogP contribution in [0.15, 0.2) is 40.7 Å². The monoisotopic (exact) mass is 1140 g/mol. The molecule has 6 heterocycles. The number of carbonyl (C=O) groups excluding carboxylic acids is 9. The molecule has 19 N–H and O–H groups in total. The molecule has 9 amide bonds. The fourth-order valence-electron chi connectivity index (χ4n) is 10.3. The molecule has 29 nitrogen and oxygen atoms in total. The summed E-state index contributed by atoms with van der Waals surface area (Å²) in [7, 11) is 0. The van der Waals surface area contributed by atoms with E-state index in [0.29, 0.717) is 27.8 Å². The van der Waals surface area contributed by atoms with Crippen molar-refractivity contribution in [2.45, 2.75) is 154 Å². The third kappa shape index (κ3) is 16.6. The van der Waals surface area contributed by atoms with Crippen molar-refractivity contribution < 1.29 is 53.1 Å². The van der Waals surface area contributed by atoms with Gasteiger partial charge in [0.2, 0.25) is 53.2 Å². The summed E-state index contributed by atoms with van der Waals surface area (Å²) in [5, 5.41) is 35.0. The molecule has 4 aliphatic rings. The number of benzene rings is 1. The lowest BCUT2D eigenvalue weighted by molar-refractivity contribution is -0.142. The molecule has 2 aromatic heterocycles. The number of imidazole rings is 1. The number of fused-ring (bicyclic) bond motifs is 13. The second kappa shape index (κ2) is 28.1. The van der Waals surface area contributed by atoms with E-state index in [1.54, 1.807) is 42.8 Å². The van der Waals surface area contributed by atoms with Crippen molar-refractivity contribution >= 4 is 82.0 Å². The van der Waals surface area contributed by atoms with Crippen LogP contribution in [0.4, 0.5) is 0 Å². The van der Waals surface area contributed by atoms with Crippen molar-refractivity contribution in [2.24, 2.45) is 50.7 Å². The molecule has 9 atom stereocenters. The summed E-state index contributed by atoms with van der Waals surface area (Å²) in [6.45, 7) is 10.2. The number of nitrogens with one attached hydrogen (secondary N) is 10. The maximum atomic E-state index is 15.0. The lowest BCUT2D eigenvalue weighted by Gasteiger charge is -2.33. The van der Waals surface area contributed by atoms with E-state index in [4.69, 9.17) is 22.9 Å². The summed E-state index contributed by atoms with van der Waals surface area (Å²) in [6.07, 6.45) is 2.94. The van der Waals surface area contributed by atoms with Gasteiger partial charge in [-0.2, -0.15) is 0 Å². The van der Waals surface area contributed by atoms with Crippen molar-refractivity contribution in [3.8, 4) is 5.82 Å². The number of hydrogen-bond acceptors (Lipinski definition) is 13. The average Bonchev–Trinajstić information content (AvgIpc) is 3.12. The number of nitrogens with zero attached hydrogens (tertiary/aromatic N) is 4. The minimum atomic E-state index is -1.49. The van der Waals surface area contributed by atoms with Crippen molar-refractivity contribution in [1.82, 2.24) is 62.4 Å². The molecule has 0 unspecified atom stereocenters. The number of hydrogen-bond donors (Lipinski definition) is 15. The molecule has 4 aliphatic heterocycles. The molecule has 0 spiro atoms. The molecular weight excluding hydrogens is 1060 g/mol. The van der Waals surface area contributed by atoms with Gasteiger partial charge in [-0.25, -0.2) is 9.78 Å². The summed E-state index contributed by atoms with van der Waals surface area (Å²) in [6, 6.07) is -5.24. The normalized spacial score (nSPS) is 23.4. The maximum Gasteiger partial charge on any atom is 0.326 e. The van der Waals surface area contributed by atoms with Gasteiger partial charge in [0.15, 0.2) is 11.9 Å². The Kier molecular flexibility index (Phi) is 21.4. The quantitative estimate of drug-likeness (QED) is 0.0275. The zero-order valence-electron chi connectivity index (χ0n) is 46.9. The molecule has 446 valence electrons. The second-order valence-corrected chi connectivity index (χ2v) is 22.0. The van der Waals surface area contributed by atoms with Crippen molar-refractivity contribution in [1.29, 1.82) is 0 Å². The van der Waals surface area contributed by atoms with Gasteiger partial charge in [0.25, 0.3) is 0 Å². The number of aromatic nitrogens is 3. The first kappa shape index (κ1) is 62.4. The smallest absolute Gasteiger partial charge is 0.326 e. The highest BCUT2D eigenvalue weighted by Crippen LogP contribution is 2.35. The number of aliphatic carboxylic acids is 1. The number of rotatable bonds is 17. The Hall–Kier alpha value is -8.79. The molecule has 0 radical (unpaired) electrons. The summed E-state index contributed by atoms with van der Waals surface area (Å²) in [4.78, 5) is 156. The highest BCUT2D eigenvalue weighted by Gasteiger charge is 2.40. The number of H-pyrrole nitrogens is 1. The first-order valence-electron chi connectivity index (χ1n) is 27.5. The van der Waals surface area contributed by atoms with Crippen LogP contribution in [0.25, 0.3) is 16.7 Å². The van der Waals surface area contributed by atoms with Crippen molar-refractivity contribution in [3.05, 3.63) is 47.5 Å². The van der Waals surface area contributed by atoms with Crippen molar-refractivity contribution in [2.75, 3.05) is 19.6 Å². The van der Waals surface area contributed by atoms with E-state index in [1.807, 2.05) is 27.7 Å². The molecule has 82 heavy (non-hydrogen) atoms. The first-order chi connectivity index (χ1) is 38.8. The Labute approximate surface area is 473 Å². The van der Waals surface area contributed by atoms with Crippen LogP contribution in [-0.2, 0) is 60.8 Å². The Morgan fingerprint density at radius 1 is 0.756 bits per heavy atom. The van der Waals surface area contributed by atoms with Crippen LogP contribution in [0, 0.1) is 17.8 Å². The summed E-state index contributed by atoms with van der Waals surface area (Å²) < 4.78 is 1.56. The van der Waals surface area contributed by atoms with Gasteiger partial charge in [-0.3, -0.25) is 57.7 Å². The van der Waals surface area contributed by atoms with E-state index in [0.717, 1.165) is 0 Å². The fraction of sp³-hybridized carbons (Fsp3) is 0.566. The van der Waals surface area contributed by atoms with Gasteiger partial charge in [0.05, 0.1) is 12.2 Å². The predicted molar refractivity (Wildman–Crippen MR) is 300 cm³/mol. The number of carbonyl (C=O) groups is 10. The fourth-order valence-corrected chi connectivity index (χ4v) is 10.3. The molecule has 1 aromatic carbocycles. The molecule has 0 aliphatic carbocycles. The number of guanidine groups is 2. The van der Waals surface area contributed by atoms with Crippen LogP contribution in [-0.4, -0.2) is 159 Å². The number of aliphatic imine (C=N–C) groups is 2. The number of aromatic amines is 1. The lowest BCUT2D eigenvalue weighted by atomic mass is 9.81. The SMILES string of the molecule is CC(C)C[C@@H]1NC(=O)[C@@H](NC(=O)[C@@H]2CCC(=O)N2)[C@H](C(C)C)c2ccc3c4c([nH]c3c2)-n2cnc(c2)C[C@@H](C(=O)N[C@@H](CCCN=C(N)N)C(=O)O)NC(=O)CNC(=O)[C@@H](CCCN=C(N)N)NC(=O)[C@H](C4)NC(=O)[C@H](C(C)C)NC1=O. The van der Waals surface area contributed by atoms with E-state index in [2.05, 4.69) is 67.8 Å². The van der Waals surface area contributed by atoms with E-state index in [1.165, 1.54) is 6.33 Å². The Morgan fingerprint density at radius 2 is 1.44 bits per heavy atom. The highest BCUT2D eigenvalue weighted by atomic mass is 16.4. The van der Waals surface area contributed by atoms with Crippen LogP contribution in [0.3, 0.4) is 0 Å². The van der Waals surface area contributed by atoms with Gasteiger partial charge in [-0.15, -0.1) is 0 Å². The minimum Gasteiger partial charge on any atom is -0.480 e. The predicted octanol–water partition coefficient (Wildman–Crippen LogP) is -3.11. The van der Waals surface area contributed by atoms with Crippen LogP contribution in [0.5, 0.6) is 0 Å². The molecule has 7 bridgehead atoms. The standard InChI is InChI=1S/C53H78N18O11/c1-24(2)17-35-48(78)69-41(26(5)6)49(79)68-37-20-30-29-12-11-27(40(25(3)4)42(50(80)67-35)70-45(75)32-13-14-38(72)62-32)18-34(29)64-43(30)71-22-28(61-23-71)19-36(46(76)66-33(51(81)82)10-8-16-59-53(56)57)63-39(73)21-60-44(74)31(65-47(37)77)9-7-15-58-52(54)55/h11-12,18,22-26,31-33,35-37,40-42,64H,7-10,13-17,19-21H2,1-6H3,(H,60,74)(H,62,72)(H,63,73)(H,65,77)(H,66,76)(H,67,80)(H,68,79)(H,69,78)(H,70,75)(H,81,82)(H4,54,55,58)(H4,56,57,59)/t31-,32+,33+,35+,36+,37+,40-,41+,42+/m1/s1. The van der Waals surface area contributed by atoms with E-state index >= 15 is 4.79 Å². The van der Waals surface area contributed by atoms with Gasteiger partial charge in [0, 0.05) is 60.9 Å². The Balaban J connectivity index is 1.55. The molecule has 29 heteroatoms. The number of amides is 9. The Bertz CT molecular complexity index is 2940. The summed E-state index contributed by atoms with van der Waals surface area (Å²) in [5.74, 6) is -9.99. The lowest BCUT2D eigenvalue weighted by Crippen LogP contribution is -2.61. The number of carboxylic acids is 1. The molecule has 1 saturated heterocycles. The topological polar surface area (TPSA) is 462 Å². The van der Waals surface area contributed by atoms with Gasteiger partial charge < -0.3 is 80.9 Å². The largest absolute Gasteiger partial charge is 0.480 e. The van der Waals surface area contributed by atoms with Crippen molar-refractivity contribution in [3.63, 3.8) is 0 Å². The molecule has 7 rings (SSSR count). The van der Waals surface area contributed by atoms with Crippen LogP contribution >= 0.6 is 0 Å². The Morgan fingerprint density at radius 3 is 2.07 bits per heavy atom. The maximum absolute atomic E-state index is 15.0. The highest BCUT2D eigenvalue weighted by molar-refractivity contribution is 6.00. The zero-order chi connectivity index (χ0) is 60.1. The van der Waals surface area contributed by atoms with Crippen LogP contribution < -0.4 is 70.8 Å². The third-order valence-corrected chi connectivity index (χ3v) is 14.4. The molecule has 3 aromatic rings. The number of carboxylic acid groups (broad SMARTS) is 1. The van der Waals surface area contributed by atoms with Gasteiger partial charge >= 0.3 is 5.97 Å². The second-order valence-electron chi connectivity index (χ2n) is 22.0. The number of nitrogens with two attached hydrogens (primary N) is 4. The summed E-state index contributed by atoms with van der Waals surface area (Å²) >= 11 is 0. The van der Waals surface area contributed by atoms with Gasteiger partial charge in [-0.1, -0.05) is 53.7 Å². The van der Waals surface area contributed by atoms with Crippen LogP contribution in [0.1, 0.15) is 109 Å². The zero-order valence-corrected chi connectivity index (χ0v) is 46.9. The molecule has 0 saturated carbocycles. The molecule has 1 fully saturated rings. The van der Waals surface area contributed by atoms with Gasteiger partial charge in [-0.05, 0) is 67.9 Å². The van der Waals surface area contributed by atoms with Gasteiger partial charge in [0.1, 0.15) is 60.5 Å². The summed E-state index contributed by atoms with van der Waals surface area (Å²) in [5.41, 5.74) is 23.6. The minimum absolute atomic E-state index is 0.0377. The third-order valence-electron chi connectivity index (χ3n) is 14.4. The van der Waals surface area contributed by atoms with Crippen LogP contribution in [0.2, 0.25) is 0 Å².